The number of rotatable bonds is 1. The molecule has 4 rings (SSSR count). The van der Waals surface area contributed by atoms with Gasteiger partial charge in [0.05, 0.1) is 0 Å². The van der Waals surface area contributed by atoms with Crippen molar-refractivity contribution < 1.29 is 28.8 Å². The van der Waals surface area contributed by atoms with Crippen molar-refractivity contribution in [1.29, 1.82) is 0 Å². The van der Waals surface area contributed by atoms with Crippen molar-refractivity contribution in [3.8, 4) is 11.5 Å². The maximum atomic E-state index is 10.7. The van der Waals surface area contributed by atoms with Gasteiger partial charge in [0.2, 0.25) is 11.5 Å². The zero-order valence-electron chi connectivity index (χ0n) is 6.07. The Morgan fingerprint density at radius 2 is 2.00 bits per heavy atom. The number of hydrogen-bond acceptors (Lipinski definition) is 5. The molecule has 0 amide bonds. The van der Waals surface area contributed by atoms with Crippen LogP contribution in [0.3, 0.4) is 0 Å². The Balaban J connectivity index is 2.42. The Kier molecular flexibility index (Phi) is 0.883. The number of carbonyl (C=O) groups is 1. The van der Waals surface area contributed by atoms with Gasteiger partial charge in [-0.2, -0.15) is 0 Å². The van der Waals surface area contributed by atoms with Gasteiger partial charge in [-0.05, 0) is 0 Å². The van der Waals surface area contributed by atoms with Crippen LogP contribution >= 0.6 is 0 Å². The first kappa shape index (κ1) is 6.41. The minimum absolute atomic E-state index is 0.00306. The summed E-state index contributed by atoms with van der Waals surface area (Å²) in [4.78, 5) is 20.0. The lowest BCUT2D eigenvalue weighted by Gasteiger charge is -2.17. The lowest BCUT2D eigenvalue weighted by atomic mass is 10.1. The molecule has 1 N–H and O–H groups in total. The topological polar surface area (TPSA) is 82.0 Å². The van der Waals surface area contributed by atoms with Gasteiger partial charge in [-0.1, -0.05) is 0 Å². The van der Waals surface area contributed by atoms with Gasteiger partial charge in [-0.15, -0.1) is 0 Å². The normalized spacial score (nSPS) is 12.9. The molecular formula is C7H2O6. The number of fused-ring (bicyclic) bond motifs is 2. The molecular weight excluding hydrogens is 180 g/mol. The van der Waals surface area contributed by atoms with Crippen LogP contribution in [0.25, 0.3) is 11.2 Å². The zero-order valence-corrected chi connectivity index (χ0v) is 6.07. The Morgan fingerprint density at radius 3 is 2.54 bits per heavy atom. The van der Waals surface area contributed by atoms with Crippen molar-refractivity contribution >= 4 is 17.1 Å². The van der Waals surface area contributed by atoms with E-state index in [0.717, 1.165) is 0 Å². The van der Waals surface area contributed by atoms with Crippen molar-refractivity contribution in [3.63, 3.8) is 0 Å². The lowest BCUT2D eigenvalue weighted by Crippen LogP contribution is -2.14. The fourth-order valence-corrected chi connectivity index (χ4v) is 1.19. The highest BCUT2D eigenvalue weighted by molar-refractivity contribution is 6.00. The van der Waals surface area contributed by atoms with E-state index in [2.05, 4.69) is 18.9 Å². The lowest BCUT2D eigenvalue weighted by molar-refractivity contribution is -0.116. The summed E-state index contributed by atoms with van der Waals surface area (Å²) in [5.41, 5.74) is 0.663. The average Bonchev–Trinajstić information content (AvgIpc) is 2.03. The molecule has 0 saturated heterocycles. The minimum Gasteiger partial charge on any atom is -0.478 e. The van der Waals surface area contributed by atoms with Gasteiger partial charge in [-0.25, -0.2) is 4.79 Å². The molecule has 66 valence electrons. The summed E-state index contributed by atoms with van der Waals surface area (Å²) in [5, 5.41) is 8.73. The molecule has 2 bridgehead atoms. The van der Waals surface area contributed by atoms with E-state index in [4.69, 9.17) is 5.11 Å². The third-order valence-corrected chi connectivity index (χ3v) is 1.81. The summed E-state index contributed by atoms with van der Waals surface area (Å²) in [6.45, 7) is 0. The van der Waals surface area contributed by atoms with Gasteiger partial charge in [-0.3, -0.25) is 18.9 Å². The number of aromatic carboxylic acids is 1. The number of benzene rings is 1. The van der Waals surface area contributed by atoms with Crippen molar-refractivity contribution in [1.82, 2.24) is 0 Å². The standard InChI is InChI=1S/C7H2O6/c8-7(9)2-1-3-5-6(13-12-5)4(2)11-10-3/h1H,(H,8,9). The molecule has 2 aliphatic heterocycles. The molecule has 1 aromatic carbocycles. The molecule has 2 aliphatic rings. The third-order valence-electron chi connectivity index (χ3n) is 1.81. The molecule has 0 spiro atoms. The smallest absolute Gasteiger partial charge is 0.339 e. The molecule has 6 heteroatoms. The summed E-state index contributed by atoms with van der Waals surface area (Å²) in [7, 11) is 0. The summed E-state index contributed by atoms with van der Waals surface area (Å²) < 4.78 is 9.14. The fraction of sp³-hybridized carbons (Fsp3) is 0. The molecule has 3 heterocycles. The van der Waals surface area contributed by atoms with E-state index < -0.39 is 5.97 Å². The number of carboxylic acid groups (broad SMARTS) is 1. The van der Waals surface area contributed by atoms with Gasteiger partial charge >= 0.3 is 5.97 Å². The highest BCUT2D eigenvalue weighted by Gasteiger charge is 2.32. The summed E-state index contributed by atoms with van der Waals surface area (Å²) >= 11 is 0. The molecule has 2 aromatic rings. The Morgan fingerprint density at radius 1 is 1.23 bits per heavy atom. The molecule has 0 unspecified atom stereocenters. The predicted molar refractivity (Wildman–Crippen MR) is 36.7 cm³/mol. The quantitative estimate of drug-likeness (QED) is 0.671. The third kappa shape index (κ3) is 0.605. The summed E-state index contributed by atoms with van der Waals surface area (Å²) in [5.74, 6) is -0.838. The summed E-state index contributed by atoms with van der Waals surface area (Å²) in [6, 6.07) is 1.32. The van der Waals surface area contributed by atoms with Crippen LogP contribution in [0.2, 0.25) is 0 Å². The van der Waals surface area contributed by atoms with E-state index in [1.165, 1.54) is 6.07 Å². The maximum Gasteiger partial charge on any atom is 0.339 e. The SMILES string of the molecule is O=C(O)c1cc2c3ooc3c1OO2. The van der Waals surface area contributed by atoms with Gasteiger partial charge in [0.25, 0.3) is 11.2 Å². The molecule has 13 heavy (non-hydrogen) atoms. The van der Waals surface area contributed by atoms with Crippen LogP contribution in [-0.2, 0) is 0 Å². The monoisotopic (exact) mass is 182 g/mol. The molecule has 6 nitrogen and oxygen atoms in total. The van der Waals surface area contributed by atoms with Gasteiger partial charge < -0.3 is 5.11 Å². The van der Waals surface area contributed by atoms with Crippen LogP contribution in [0, 0.1) is 0 Å². The molecule has 0 fully saturated rings. The Bertz CT molecular complexity index is 504. The van der Waals surface area contributed by atoms with Crippen LogP contribution in [0.4, 0.5) is 0 Å². The van der Waals surface area contributed by atoms with E-state index in [-0.39, 0.29) is 22.6 Å². The minimum atomic E-state index is -1.10. The largest absolute Gasteiger partial charge is 0.478 e. The van der Waals surface area contributed by atoms with E-state index in [9.17, 15) is 4.79 Å². The van der Waals surface area contributed by atoms with Crippen LogP contribution in [-0.4, -0.2) is 11.1 Å². The van der Waals surface area contributed by atoms with E-state index in [1.54, 1.807) is 0 Å². The highest BCUT2D eigenvalue weighted by atomic mass is 17.2. The molecule has 0 aliphatic carbocycles. The number of hydrogen-bond donors (Lipinski definition) is 1. The average molecular weight is 182 g/mol. The molecule has 0 saturated carbocycles. The van der Waals surface area contributed by atoms with E-state index >= 15 is 0 Å². The van der Waals surface area contributed by atoms with E-state index in [0.29, 0.717) is 5.58 Å². The highest BCUT2D eigenvalue weighted by Crippen LogP contribution is 2.43. The van der Waals surface area contributed by atoms with Crippen LogP contribution in [0.15, 0.2) is 15.2 Å². The second-order valence-electron chi connectivity index (χ2n) is 2.55. The van der Waals surface area contributed by atoms with Gasteiger partial charge in [0.15, 0.2) is 0 Å². The van der Waals surface area contributed by atoms with Crippen LogP contribution < -0.4 is 9.78 Å². The number of carboxylic acids is 1. The first-order chi connectivity index (χ1) is 6.27. The maximum absolute atomic E-state index is 10.7. The zero-order chi connectivity index (χ0) is 9.00. The first-order valence-corrected chi connectivity index (χ1v) is 3.40. The van der Waals surface area contributed by atoms with Crippen LogP contribution in [0.5, 0.6) is 11.5 Å². The van der Waals surface area contributed by atoms with Crippen LogP contribution in [0.1, 0.15) is 10.4 Å². The Labute approximate surface area is 70.1 Å². The summed E-state index contributed by atoms with van der Waals surface area (Å²) in [6.07, 6.45) is 0. The molecule has 1 aromatic heterocycles. The second-order valence-corrected chi connectivity index (χ2v) is 2.55. The Hall–Kier alpha value is -2.11. The van der Waals surface area contributed by atoms with Gasteiger partial charge in [0.1, 0.15) is 5.56 Å². The first-order valence-electron chi connectivity index (χ1n) is 3.40. The van der Waals surface area contributed by atoms with Gasteiger partial charge in [0, 0.05) is 6.07 Å². The van der Waals surface area contributed by atoms with Crippen molar-refractivity contribution in [2.24, 2.45) is 0 Å². The molecule has 0 atom stereocenters. The predicted octanol–water partition coefficient (Wildman–Crippen LogP) is 1.41. The second kappa shape index (κ2) is 1.79. The van der Waals surface area contributed by atoms with E-state index in [1.807, 2.05) is 0 Å². The molecule has 0 radical (unpaired) electrons. The van der Waals surface area contributed by atoms with Crippen molar-refractivity contribution in [2.75, 3.05) is 0 Å². The fourth-order valence-electron chi connectivity index (χ4n) is 1.19. The van der Waals surface area contributed by atoms with Crippen molar-refractivity contribution in [3.05, 3.63) is 11.6 Å². The van der Waals surface area contributed by atoms with Crippen molar-refractivity contribution in [2.45, 2.75) is 0 Å².